The van der Waals surface area contributed by atoms with Crippen LogP contribution >= 0.6 is 19.5 Å². The lowest BCUT2D eigenvalue weighted by Gasteiger charge is -2.31. The maximum absolute atomic E-state index is 13.3. The fraction of sp³-hybridized carbons (Fsp3) is 0.545. The van der Waals surface area contributed by atoms with Crippen LogP contribution in [0.15, 0.2) is 30.3 Å². The van der Waals surface area contributed by atoms with Crippen LogP contribution in [0.3, 0.4) is 0 Å². The number of hydrogen-bond acceptors (Lipinski definition) is 9. The normalized spacial score (nSPS) is 14.7. The number of aliphatic hydroxyl groups is 1. The van der Waals surface area contributed by atoms with E-state index in [-0.39, 0.29) is 29.7 Å². The first kappa shape index (κ1) is 31.6. The Labute approximate surface area is 214 Å². The minimum absolute atomic E-state index is 0.0305. The first-order chi connectivity index (χ1) is 16.8. The van der Waals surface area contributed by atoms with Gasteiger partial charge in [-0.2, -0.15) is 5.09 Å². The largest absolute Gasteiger partial charge is 0.480 e. The molecule has 12 nitrogen and oxygen atoms in total. The molecule has 3 atom stereocenters. The second-order valence-electron chi connectivity index (χ2n) is 8.49. The maximum atomic E-state index is 13.3. The van der Waals surface area contributed by atoms with Crippen LogP contribution in [-0.4, -0.2) is 70.7 Å². The predicted octanol–water partition coefficient (Wildman–Crippen LogP) is 1.54. The molecule has 1 rings (SSSR count). The molecule has 0 spiro atoms. The number of carbonyl (C=O) groups excluding carboxylic acids is 3. The van der Waals surface area contributed by atoms with E-state index >= 15 is 0 Å². The average molecular weight is 548 g/mol. The number of aliphatic carboxylic acids is 1. The molecule has 1 unspecified atom stereocenters. The van der Waals surface area contributed by atoms with E-state index in [1.54, 1.807) is 18.2 Å². The zero-order valence-electron chi connectivity index (χ0n) is 20.7. The van der Waals surface area contributed by atoms with Crippen molar-refractivity contribution in [2.24, 2.45) is 5.41 Å². The molecule has 0 aliphatic rings. The van der Waals surface area contributed by atoms with Crippen molar-refractivity contribution < 1.29 is 43.0 Å². The lowest BCUT2D eigenvalue weighted by molar-refractivity contribution is -0.138. The Bertz CT molecular complexity index is 946. The standard InChI is InChI=1S/C22H34N3O9PS/c1-15(21(30)31)25-35(32,34-17-8-6-5-7-9-17)33-14-22(3,4)19(28)20(29)24-11-10-18(27)23-12-13-36-16(2)26/h5-9,15,19,28H,10-14H2,1-4H3,(H,23,27)(H,24,29)(H,25,32)(H,30,31)/t15-,19-,35?/m0/s1. The number of hydrogen-bond donors (Lipinski definition) is 5. The molecule has 36 heavy (non-hydrogen) atoms. The summed E-state index contributed by atoms with van der Waals surface area (Å²) in [6.45, 7) is 5.52. The summed E-state index contributed by atoms with van der Waals surface area (Å²) in [7, 11) is -4.22. The highest BCUT2D eigenvalue weighted by Crippen LogP contribution is 2.46. The number of thioether (sulfide) groups is 1. The van der Waals surface area contributed by atoms with Gasteiger partial charge in [-0.25, -0.2) is 4.57 Å². The van der Waals surface area contributed by atoms with Crippen LogP contribution in [0.5, 0.6) is 5.75 Å². The van der Waals surface area contributed by atoms with Gasteiger partial charge in [0.2, 0.25) is 11.8 Å². The van der Waals surface area contributed by atoms with Gasteiger partial charge in [0.25, 0.3) is 0 Å². The van der Waals surface area contributed by atoms with Crippen molar-refractivity contribution in [3.8, 4) is 5.75 Å². The van der Waals surface area contributed by atoms with Gasteiger partial charge in [-0.05, 0) is 19.1 Å². The number of para-hydroxylation sites is 1. The topological polar surface area (TPSA) is 180 Å². The molecule has 202 valence electrons. The number of benzene rings is 1. The van der Waals surface area contributed by atoms with Gasteiger partial charge in [-0.1, -0.05) is 43.8 Å². The van der Waals surface area contributed by atoms with Crippen LogP contribution in [0.1, 0.15) is 34.1 Å². The molecule has 0 saturated heterocycles. The first-order valence-electron chi connectivity index (χ1n) is 11.1. The van der Waals surface area contributed by atoms with Crippen molar-refractivity contribution in [2.45, 2.75) is 46.3 Å². The monoisotopic (exact) mass is 547 g/mol. The zero-order valence-corrected chi connectivity index (χ0v) is 22.4. The molecule has 5 N–H and O–H groups in total. The number of nitrogens with one attached hydrogen (secondary N) is 3. The molecule has 0 aliphatic carbocycles. The van der Waals surface area contributed by atoms with Gasteiger partial charge in [-0.3, -0.25) is 23.7 Å². The van der Waals surface area contributed by atoms with Gasteiger partial charge in [-0.15, -0.1) is 0 Å². The third kappa shape index (κ3) is 12.0. The number of rotatable bonds is 16. The Morgan fingerprint density at radius 1 is 1.11 bits per heavy atom. The third-order valence-corrected chi connectivity index (χ3v) is 7.11. The van der Waals surface area contributed by atoms with Crippen molar-refractivity contribution in [1.82, 2.24) is 15.7 Å². The van der Waals surface area contributed by atoms with Gasteiger partial charge in [0.05, 0.1) is 6.61 Å². The van der Waals surface area contributed by atoms with Gasteiger partial charge >= 0.3 is 13.7 Å². The van der Waals surface area contributed by atoms with Crippen molar-refractivity contribution in [3.05, 3.63) is 30.3 Å². The molecule has 0 aliphatic heterocycles. The summed E-state index contributed by atoms with van der Waals surface area (Å²) >= 11 is 1.09. The summed E-state index contributed by atoms with van der Waals surface area (Å²) in [5.41, 5.74) is -1.26. The highest BCUT2D eigenvalue weighted by molar-refractivity contribution is 8.13. The van der Waals surface area contributed by atoms with Crippen LogP contribution in [0.25, 0.3) is 0 Å². The molecule has 1 aromatic rings. The second kappa shape index (κ2) is 15.0. The van der Waals surface area contributed by atoms with E-state index in [2.05, 4.69) is 15.7 Å². The van der Waals surface area contributed by atoms with Gasteiger partial charge in [0.15, 0.2) is 5.12 Å². The Kier molecular flexibility index (Phi) is 13.1. The number of carbonyl (C=O) groups is 4. The number of amides is 2. The molecule has 14 heteroatoms. The van der Waals surface area contributed by atoms with Gasteiger partial charge in [0, 0.05) is 37.6 Å². The van der Waals surface area contributed by atoms with E-state index in [0.29, 0.717) is 12.3 Å². The van der Waals surface area contributed by atoms with Gasteiger partial charge in [0.1, 0.15) is 17.9 Å². The highest BCUT2D eigenvalue weighted by atomic mass is 32.2. The number of carboxylic acid groups (broad SMARTS) is 1. The molecule has 0 radical (unpaired) electrons. The minimum Gasteiger partial charge on any atom is -0.480 e. The van der Waals surface area contributed by atoms with Gasteiger partial charge < -0.3 is 25.4 Å². The van der Waals surface area contributed by atoms with Crippen LogP contribution in [0.4, 0.5) is 0 Å². The summed E-state index contributed by atoms with van der Waals surface area (Å²) in [6.07, 6.45) is -1.63. The molecule has 1 aromatic carbocycles. The average Bonchev–Trinajstić information content (AvgIpc) is 2.80. The van der Waals surface area contributed by atoms with Crippen molar-refractivity contribution in [2.75, 3.05) is 25.4 Å². The molecule has 0 aromatic heterocycles. The lowest BCUT2D eigenvalue weighted by atomic mass is 9.87. The van der Waals surface area contributed by atoms with Crippen LogP contribution in [-0.2, 0) is 28.3 Å². The van der Waals surface area contributed by atoms with Crippen molar-refractivity contribution >= 4 is 42.4 Å². The quantitative estimate of drug-likeness (QED) is 0.150. The zero-order chi connectivity index (χ0) is 27.4. The third-order valence-electron chi connectivity index (χ3n) is 4.67. The van der Waals surface area contributed by atoms with Crippen LogP contribution in [0.2, 0.25) is 0 Å². The maximum Gasteiger partial charge on any atom is 0.459 e. The smallest absolute Gasteiger partial charge is 0.459 e. The van der Waals surface area contributed by atoms with Crippen LogP contribution < -0.4 is 20.2 Å². The molecule has 0 fully saturated rings. The Morgan fingerprint density at radius 3 is 2.33 bits per heavy atom. The minimum atomic E-state index is -4.22. The molecular weight excluding hydrogens is 513 g/mol. The number of carboxylic acids is 1. The molecule has 0 heterocycles. The van der Waals surface area contributed by atoms with E-state index in [9.17, 15) is 34.0 Å². The summed E-state index contributed by atoms with van der Waals surface area (Å²) in [5, 5.41) is 27.0. The Balaban J connectivity index is 2.65. The van der Waals surface area contributed by atoms with E-state index in [1.807, 2.05) is 0 Å². The fourth-order valence-corrected chi connectivity index (χ4v) is 4.72. The molecule has 2 amide bonds. The SMILES string of the molecule is CC(=O)SCCNC(=O)CCNC(=O)[C@H](O)C(C)(C)COP(=O)(N[C@@H](C)C(=O)O)Oc1ccccc1. The van der Waals surface area contributed by atoms with Crippen molar-refractivity contribution in [3.63, 3.8) is 0 Å². The van der Waals surface area contributed by atoms with Crippen LogP contribution in [0, 0.1) is 5.41 Å². The summed E-state index contributed by atoms with van der Waals surface area (Å²) in [6, 6.07) is 6.71. The van der Waals surface area contributed by atoms with E-state index < -0.39 is 43.8 Å². The summed E-state index contributed by atoms with van der Waals surface area (Å²) < 4.78 is 24.1. The lowest BCUT2D eigenvalue weighted by Crippen LogP contribution is -2.47. The molecular formula is C22H34N3O9PS. The van der Waals surface area contributed by atoms with E-state index in [0.717, 1.165) is 11.8 Å². The van der Waals surface area contributed by atoms with E-state index in [1.165, 1.54) is 39.8 Å². The predicted molar refractivity (Wildman–Crippen MR) is 134 cm³/mol. The molecule has 0 bridgehead atoms. The fourth-order valence-electron chi connectivity index (χ4n) is 2.56. The first-order valence-corrected chi connectivity index (χ1v) is 13.6. The Hall–Kier alpha value is -2.44. The van der Waals surface area contributed by atoms with E-state index in [4.69, 9.17) is 9.05 Å². The summed E-state index contributed by atoms with van der Waals surface area (Å²) in [4.78, 5) is 46.3. The summed E-state index contributed by atoms with van der Waals surface area (Å²) in [5.74, 6) is -1.77. The number of aliphatic hydroxyl groups excluding tert-OH is 1. The van der Waals surface area contributed by atoms with Crippen molar-refractivity contribution in [1.29, 1.82) is 0 Å². The second-order valence-corrected chi connectivity index (χ2v) is 11.5. The molecule has 0 saturated carbocycles. The Morgan fingerprint density at radius 2 is 1.75 bits per heavy atom. The highest BCUT2D eigenvalue weighted by Gasteiger charge is 2.39.